The number of hydrogen-bond acceptors (Lipinski definition) is 5. The summed E-state index contributed by atoms with van der Waals surface area (Å²) in [4.78, 5) is 13.0. The molecule has 1 N–H and O–H groups in total. The van der Waals surface area contributed by atoms with E-state index in [4.69, 9.17) is 21.1 Å². The van der Waals surface area contributed by atoms with Crippen LogP contribution >= 0.6 is 11.6 Å². The molecule has 3 aromatic carbocycles. The van der Waals surface area contributed by atoms with Gasteiger partial charge in [-0.25, -0.2) is 8.42 Å². The quantitative estimate of drug-likeness (QED) is 0.519. The fourth-order valence-corrected chi connectivity index (χ4v) is 4.77. The lowest BCUT2D eigenvalue weighted by atomic mass is 10.2. The highest BCUT2D eigenvalue weighted by Gasteiger charge is 2.28. The Balaban J connectivity index is 1.99. The van der Waals surface area contributed by atoms with E-state index in [0.717, 1.165) is 9.87 Å². The number of hydrogen-bond donors (Lipinski definition) is 1. The van der Waals surface area contributed by atoms with Crippen LogP contribution in [0.5, 0.6) is 11.5 Å². The van der Waals surface area contributed by atoms with Crippen molar-refractivity contribution in [1.29, 1.82) is 0 Å². The lowest BCUT2D eigenvalue weighted by Gasteiger charge is -2.25. The van der Waals surface area contributed by atoms with Crippen molar-refractivity contribution in [3.8, 4) is 11.5 Å². The maximum Gasteiger partial charge on any atom is 0.264 e. The summed E-state index contributed by atoms with van der Waals surface area (Å²) in [7, 11) is -1.11. The summed E-state index contributed by atoms with van der Waals surface area (Å²) < 4.78 is 38.3. The largest absolute Gasteiger partial charge is 0.495 e. The topological polar surface area (TPSA) is 84.9 Å². The zero-order valence-corrected chi connectivity index (χ0v) is 19.4. The van der Waals surface area contributed by atoms with Crippen LogP contribution in [-0.2, 0) is 14.8 Å². The molecule has 3 rings (SSSR count). The monoisotopic (exact) mass is 474 g/mol. The van der Waals surface area contributed by atoms with E-state index in [1.165, 1.54) is 38.5 Å². The van der Waals surface area contributed by atoms with Gasteiger partial charge in [0, 0.05) is 0 Å². The zero-order valence-electron chi connectivity index (χ0n) is 17.8. The van der Waals surface area contributed by atoms with Crippen LogP contribution in [0.3, 0.4) is 0 Å². The molecule has 0 aliphatic heterocycles. The van der Waals surface area contributed by atoms with E-state index in [-0.39, 0.29) is 15.6 Å². The number of ether oxygens (including phenoxy) is 2. The van der Waals surface area contributed by atoms with Gasteiger partial charge >= 0.3 is 0 Å². The van der Waals surface area contributed by atoms with Crippen LogP contribution < -0.4 is 19.1 Å². The van der Waals surface area contributed by atoms with E-state index in [2.05, 4.69) is 5.32 Å². The minimum Gasteiger partial charge on any atom is -0.495 e. The third kappa shape index (κ3) is 5.15. The van der Waals surface area contributed by atoms with Crippen LogP contribution in [0.1, 0.15) is 5.56 Å². The van der Waals surface area contributed by atoms with Crippen molar-refractivity contribution in [3.63, 3.8) is 0 Å². The van der Waals surface area contributed by atoms with E-state index in [1.807, 2.05) is 13.0 Å². The average molecular weight is 475 g/mol. The number of aryl methyl sites for hydroxylation is 1. The number of carbonyl (C=O) groups is 1. The number of sulfonamides is 1. The lowest BCUT2D eigenvalue weighted by Crippen LogP contribution is -2.38. The van der Waals surface area contributed by atoms with Gasteiger partial charge in [-0.2, -0.15) is 0 Å². The van der Waals surface area contributed by atoms with Crippen molar-refractivity contribution >= 4 is 38.9 Å². The van der Waals surface area contributed by atoms with Crippen LogP contribution in [0.15, 0.2) is 71.6 Å². The van der Waals surface area contributed by atoms with Gasteiger partial charge < -0.3 is 14.8 Å². The van der Waals surface area contributed by atoms with E-state index >= 15 is 0 Å². The molecule has 0 radical (unpaired) electrons. The Morgan fingerprint density at radius 1 is 0.969 bits per heavy atom. The highest BCUT2D eigenvalue weighted by molar-refractivity contribution is 7.92. The van der Waals surface area contributed by atoms with Crippen molar-refractivity contribution in [2.45, 2.75) is 11.8 Å². The second kappa shape index (κ2) is 9.93. The number of amides is 1. The first-order valence-electron chi connectivity index (χ1n) is 9.62. The van der Waals surface area contributed by atoms with Crippen molar-refractivity contribution in [2.75, 3.05) is 30.4 Å². The average Bonchev–Trinajstić information content (AvgIpc) is 2.78. The minimum absolute atomic E-state index is 0.0490. The number of benzene rings is 3. The number of nitrogens with zero attached hydrogens (tertiary/aromatic N) is 1. The molecule has 0 fully saturated rings. The maximum atomic E-state index is 13.4. The van der Waals surface area contributed by atoms with Crippen LogP contribution in [0.25, 0.3) is 0 Å². The Bertz CT molecular complexity index is 1220. The first-order chi connectivity index (χ1) is 15.3. The second-order valence-corrected chi connectivity index (χ2v) is 9.17. The number of anilines is 2. The molecular weight excluding hydrogens is 452 g/mol. The van der Waals surface area contributed by atoms with Crippen LogP contribution in [-0.4, -0.2) is 35.1 Å². The van der Waals surface area contributed by atoms with E-state index in [0.29, 0.717) is 17.2 Å². The summed E-state index contributed by atoms with van der Waals surface area (Å²) in [6, 6.07) is 17.7. The van der Waals surface area contributed by atoms with E-state index in [1.54, 1.807) is 36.4 Å². The molecule has 0 atom stereocenters. The Hall–Kier alpha value is -3.23. The third-order valence-electron chi connectivity index (χ3n) is 4.67. The van der Waals surface area contributed by atoms with E-state index < -0.39 is 22.5 Å². The fraction of sp³-hybridized carbons (Fsp3) is 0.174. The second-order valence-electron chi connectivity index (χ2n) is 6.90. The molecule has 0 aliphatic carbocycles. The van der Waals surface area contributed by atoms with Gasteiger partial charge in [0.25, 0.3) is 10.0 Å². The van der Waals surface area contributed by atoms with Gasteiger partial charge in [-0.1, -0.05) is 35.9 Å². The normalized spacial score (nSPS) is 11.0. The summed E-state index contributed by atoms with van der Waals surface area (Å²) >= 11 is 6.23. The van der Waals surface area contributed by atoms with Crippen molar-refractivity contribution in [3.05, 3.63) is 77.3 Å². The molecular formula is C23H23ClN2O5S. The molecule has 0 heterocycles. The number of nitrogens with one attached hydrogen (secondary N) is 1. The molecule has 0 unspecified atom stereocenters. The molecule has 0 aromatic heterocycles. The van der Waals surface area contributed by atoms with Crippen molar-refractivity contribution < 1.29 is 22.7 Å². The molecule has 32 heavy (non-hydrogen) atoms. The van der Waals surface area contributed by atoms with Gasteiger partial charge in [0.15, 0.2) is 0 Å². The van der Waals surface area contributed by atoms with Gasteiger partial charge in [0.1, 0.15) is 18.0 Å². The molecule has 0 bridgehead atoms. The summed E-state index contributed by atoms with van der Waals surface area (Å²) in [5, 5.41) is 2.96. The molecule has 9 heteroatoms. The Morgan fingerprint density at radius 3 is 2.25 bits per heavy atom. The summed E-state index contributed by atoms with van der Waals surface area (Å²) in [6.45, 7) is 1.40. The first kappa shape index (κ1) is 23.4. The van der Waals surface area contributed by atoms with Gasteiger partial charge in [0.2, 0.25) is 5.91 Å². The zero-order chi connectivity index (χ0) is 23.3. The molecule has 1 amide bonds. The van der Waals surface area contributed by atoms with Crippen LogP contribution in [0, 0.1) is 6.92 Å². The van der Waals surface area contributed by atoms with Crippen molar-refractivity contribution in [1.82, 2.24) is 0 Å². The molecule has 168 valence electrons. The predicted octanol–water partition coefficient (Wildman–Crippen LogP) is 4.50. The molecule has 0 aliphatic rings. The highest BCUT2D eigenvalue weighted by Crippen LogP contribution is 2.32. The molecule has 0 spiro atoms. The van der Waals surface area contributed by atoms with Gasteiger partial charge in [-0.3, -0.25) is 9.10 Å². The Labute approximate surface area is 192 Å². The smallest absolute Gasteiger partial charge is 0.264 e. The highest BCUT2D eigenvalue weighted by atomic mass is 35.5. The maximum absolute atomic E-state index is 13.4. The molecule has 3 aromatic rings. The summed E-state index contributed by atoms with van der Waals surface area (Å²) in [6.07, 6.45) is 0. The third-order valence-corrected chi connectivity index (χ3v) is 6.75. The molecule has 0 saturated carbocycles. The lowest BCUT2D eigenvalue weighted by molar-refractivity contribution is -0.114. The standard InChI is InChI=1S/C23H23ClN2O5S/c1-16-9-11-22(31-3)20(13-16)25-23(27)15-26(17-10-12-21(30-2)19(24)14-17)32(28,29)18-7-5-4-6-8-18/h4-14H,15H2,1-3H3,(H,25,27). The SMILES string of the molecule is COc1ccc(N(CC(=O)Nc2cc(C)ccc2OC)S(=O)(=O)c2ccccc2)cc1Cl. The number of halogens is 1. The van der Waals surface area contributed by atoms with E-state index in [9.17, 15) is 13.2 Å². The van der Waals surface area contributed by atoms with Crippen LogP contribution in [0.2, 0.25) is 5.02 Å². The van der Waals surface area contributed by atoms with Gasteiger partial charge in [-0.05, 0) is 55.0 Å². The van der Waals surface area contributed by atoms with Gasteiger partial charge in [-0.15, -0.1) is 0 Å². The Morgan fingerprint density at radius 2 is 1.62 bits per heavy atom. The number of methoxy groups -OCH3 is 2. The predicted molar refractivity (Wildman–Crippen MR) is 125 cm³/mol. The molecule has 0 saturated heterocycles. The minimum atomic E-state index is -4.06. The van der Waals surface area contributed by atoms with Crippen LogP contribution in [0.4, 0.5) is 11.4 Å². The summed E-state index contributed by atoms with van der Waals surface area (Å²) in [5.74, 6) is 0.315. The number of carbonyl (C=O) groups excluding carboxylic acids is 1. The first-order valence-corrected chi connectivity index (χ1v) is 11.4. The Kier molecular flexibility index (Phi) is 7.27. The van der Waals surface area contributed by atoms with Gasteiger partial charge in [0.05, 0.1) is 35.5 Å². The molecule has 7 nitrogen and oxygen atoms in total. The summed E-state index contributed by atoms with van der Waals surface area (Å²) in [5.41, 5.74) is 1.59. The van der Waals surface area contributed by atoms with Crippen molar-refractivity contribution in [2.24, 2.45) is 0 Å². The number of rotatable bonds is 8. The fourth-order valence-electron chi connectivity index (χ4n) is 3.08.